The summed E-state index contributed by atoms with van der Waals surface area (Å²) >= 11 is 0. The Hall–Kier alpha value is -9.26. The van der Waals surface area contributed by atoms with Crippen LogP contribution in [-0.2, 0) is 14.1 Å². The van der Waals surface area contributed by atoms with Gasteiger partial charge in [0.2, 0.25) is 0 Å². The molecule has 6 nitrogen and oxygen atoms in total. The van der Waals surface area contributed by atoms with Crippen molar-refractivity contribution in [3.63, 3.8) is 0 Å². The zero-order valence-electron chi connectivity index (χ0n) is 38.4. The van der Waals surface area contributed by atoms with E-state index in [0.29, 0.717) is 0 Å². The average Bonchev–Trinajstić information content (AvgIpc) is 4.12. The summed E-state index contributed by atoms with van der Waals surface area (Å²) in [5, 5.41) is 13.7. The maximum absolute atomic E-state index is 6.72. The number of furan rings is 2. The van der Waals surface area contributed by atoms with Crippen LogP contribution in [-0.4, -0.2) is 9.13 Å². The molecule has 0 radical (unpaired) electrons. The van der Waals surface area contributed by atoms with Gasteiger partial charge in [0.05, 0.1) is 22.4 Å². The number of para-hydroxylation sites is 4. The zero-order valence-corrected chi connectivity index (χ0v) is 38.4. The molecule has 0 fully saturated rings. The molecule has 0 saturated heterocycles. The van der Waals surface area contributed by atoms with Crippen LogP contribution in [0.3, 0.4) is 0 Å². The Labute approximate surface area is 401 Å². The topological polar surface area (TPSA) is 42.6 Å². The van der Waals surface area contributed by atoms with Crippen LogP contribution in [0.15, 0.2) is 227 Å². The Balaban J connectivity index is 0.844. The molecule has 15 rings (SSSR count). The van der Waals surface area contributed by atoms with Crippen molar-refractivity contribution < 1.29 is 8.83 Å². The molecule has 0 N–H and O–H groups in total. The second-order valence-electron chi connectivity index (χ2n) is 18.6. The van der Waals surface area contributed by atoms with Gasteiger partial charge >= 0.3 is 0 Å². The van der Waals surface area contributed by atoms with Gasteiger partial charge in [0.25, 0.3) is 0 Å². The Morgan fingerprint density at radius 1 is 0.286 bits per heavy atom. The number of fused-ring (bicyclic) bond motifs is 14. The van der Waals surface area contributed by atoms with Crippen molar-refractivity contribution in [2.75, 3.05) is 9.80 Å². The third-order valence-electron chi connectivity index (χ3n) is 14.8. The van der Waals surface area contributed by atoms with Gasteiger partial charge in [-0.1, -0.05) is 97.1 Å². The molecular formula is C64H42N4O2. The van der Waals surface area contributed by atoms with Crippen LogP contribution >= 0.6 is 0 Å². The third kappa shape index (κ3) is 5.62. The fourth-order valence-electron chi connectivity index (χ4n) is 11.5. The molecule has 70 heavy (non-hydrogen) atoms. The van der Waals surface area contributed by atoms with E-state index >= 15 is 0 Å². The molecule has 0 atom stereocenters. The predicted octanol–water partition coefficient (Wildman–Crippen LogP) is 18.0. The van der Waals surface area contributed by atoms with Gasteiger partial charge in [-0.25, -0.2) is 0 Å². The first-order valence-corrected chi connectivity index (χ1v) is 23.9. The summed E-state index contributed by atoms with van der Waals surface area (Å²) in [4.78, 5) is 4.76. The van der Waals surface area contributed by atoms with Crippen molar-refractivity contribution in [2.24, 2.45) is 14.1 Å². The van der Waals surface area contributed by atoms with E-state index in [1.54, 1.807) is 0 Å². The molecule has 0 aliphatic heterocycles. The largest absolute Gasteiger partial charge is 0.456 e. The normalized spacial score (nSPS) is 12.1. The summed E-state index contributed by atoms with van der Waals surface area (Å²) in [6, 6.07) is 78.7. The summed E-state index contributed by atoms with van der Waals surface area (Å²) in [5.41, 5.74) is 14.7. The maximum Gasteiger partial charge on any atom is 0.139 e. The molecule has 0 spiro atoms. The summed E-state index contributed by atoms with van der Waals surface area (Å²) in [5.74, 6) is 0. The third-order valence-corrected chi connectivity index (χ3v) is 14.8. The highest BCUT2D eigenvalue weighted by Crippen LogP contribution is 2.47. The zero-order chi connectivity index (χ0) is 46.2. The number of hydrogen-bond donors (Lipinski definition) is 0. The monoisotopic (exact) mass is 898 g/mol. The van der Waals surface area contributed by atoms with Gasteiger partial charge in [0, 0.05) is 97.0 Å². The number of rotatable bonds is 6. The minimum Gasteiger partial charge on any atom is -0.456 e. The van der Waals surface area contributed by atoms with Crippen LogP contribution in [0.2, 0.25) is 0 Å². The van der Waals surface area contributed by atoms with Gasteiger partial charge < -0.3 is 27.8 Å². The Morgan fingerprint density at radius 3 is 1.16 bits per heavy atom. The van der Waals surface area contributed by atoms with Crippen LogP contribution in [0.1, 0.15) is 0 Å². The summed E-state index contributed by atoms with van der Waals surface area (Å²) in [6.07, 6.45) is 0. The number of nitrogens with zero attached hydrogens (tertiary/aromatic N) is 4. The van der Waals surface area contributed by atoms with Gasteiger partial charge in [-0.3, -0.25) is 0 Å². The molecular weight excluding hydrogens is 857 g/mol. The van der Waals surface area contributed by atoms with E-state index in [2.05, 4.69) is 251 Å². The molecule has 0 aliphatic rings. The average molecular weight is 899 g/mol. The molecule has 15 aromatic rings. The molecule has 4 aromatic heterocycles. The van der Waals surface area contributed by atoms with Crippen LogP contribution in [0.25, 0.3) is 109 Å². The summed E-state index contributed by atoms with van der Waals surface area (Å²) < 4.78 is 18.0. The van der Waals surface area contributed by atoms with Gasteiger partial charge in [0.15, 0.2) is 0 Å². The molecule has 6 heteroatoms. The molecule has 330 valence electrons. The molecule has 0 bridgehead atoms. The minimum absolute atomic E-state index is 0.804. The van der Waals surface area contributed by atoms with Gasteiger partial charge in [-0.15, -0.1) is 0 Å². The lowest BCUT2D eigenvalue weighted by Crippen LogP contribution is -2.10. The Bertz CT molecular complexity index is 4340. The first kappa shape index (κ1) is 38.8. The van der Waals surface area contributed by atoms with E-state index < -0.39 is 0 Å². The van der Waals surface area contributed by atoms with Crippen molar-refractivity contribution in [1.82, 2.24) is 9.13 Å². The van der Waals surface area contributed by atoms with E-state index in [-0.39, 0.29) is 0 Å². The van der Waals surface area contributed by atoms with Crippen molar-refractivity contribution in [3.8, 4) is 0 Å². The fourth-order valence-corrected chi connectivity index (χ4v) is 11.5. The number of aryl methyl sites for hydroxylation is 2. The lowest BCUT2D eigenvalue weighted by molar-refractivity contribution is 0.656. The second kappa shape index (κ2) is 14.6. The number of aromatic nitrogens is 2. The quantitative estimate of drug-likeness (QED) is 0.167. The van der Waals surface area contributed by atoms with E-state index in [1.807, 2.05) is 0 Å². The van der Waals surface area contributed by atoms with Crippen molar-refractivity contribution in [2.45, 2.75) is 0 Å². The fraction of sp³-hybridized carbons (Fsp3) is 0.0312. The number of anilines is 6. The SMILES string of the molecule is Cn1c2ccccc2c2c(N(c3ccccc3)c3ccc4cc5c(cc4c3)oc3cc4oc6cc7cc(N(c8ccccc8)c8cccc9c8c8ccccc8n9C)ccc7cc6c4cc35)cccc21. The van der Waals surface area contributed by atoms with Crippen LogP contribution in [0, 0.1) is 0 Å². The second-order valence-corrected chi connectivity index (χ2v) is 18.6. The molecule has 11 aromatic carbocycles. The first-order chi connectivity index (χ1) is 34.5. The van der Waals surface area contributed by atoms with Crippen molar-refractivity contribution in [1.29, 1.82) is 0 Å². The number of hydrogen-bond acceptors (Lipinski definition) is 4. The van der Waals surface area contributed by atoms with Gasteiger partial charge in [0.1, 0.15) is 22.3 Å². The Morgan fingerprint density at radius 2 is 0.686 bits per heavy atom. The number of benzene rings is 11. The van der Waals surface area contributed by atoms with Crippen LogP contribution in [0.5, 0.6) is 0 Å². The lowest BCUT2D eigenvalue weighted by Gasteiger charge is -2.26. The van der Waals surface area contributed by atoms with E-state index in [0.717, 1.165) is 99.5 Å². The van der Waals surface area contributed by atoms with Crippen LogP contribution in [0.4, 0.5) is 34.1 Å². The first-order valence-electron chi connectivity index (χ1n) is 23.9. The molecule has 0 aliphatic carbocycles. The highest BCUT2D eigenvalue weighted by Gasteiger charge is 2.23. The smallest absolute Gasteiger partial charge is 0.139 e. The standard InChI is InChI=1S/C64H42N4O2/c1-65-53-21-11-9-19-47(53)63-55(65)23-13-25-57(63)67(43-15-5-3-6-16-43)45-29-27-39-33-49-51-37-52-50-34-40-28-30-46(32-42(40)36-60(50)70-62(52)38-61(51)69-59(49)35-41(39)31-45)68(44-17-7-4-8-18-44)58-26-14-24-56-64(58)48-20-10-12-22-54(48)66(56)2/h3-38H,1-2H3. The maximum atomic E-state index is 6.72. The summed E-state index contributed by atoms with van der Waals surface area (Å²) in [7, 11) is 4.31. The highest BCUT2D eigenvalue weighted by atomic mass is 16.3. The van der Waals surface area contributed by atoms with Gasteiger partial charge in [-0.05, 0) is 137 Å². The molecule has 0 amide bonds. The van der Waals surface area contributed by atoms with E-state index in [1.165, 1.54) is 43.6 Å². The molecule has 0 unspecified atom stereocenters. The van der Waals surface area contributed by atoms with E-state index in [4.69, 9.17) is 8.83 Å². The predicted molar refractivity (Wildman–Crippen MR) is 293 cm³/mol. The molecule has 4 heterocycles. The van der Waals surface area contributed by atoms with E-state index in [9.17, 15) is 0 Å². The minimum atomic E-state index is 0.804. The Kier molecular flexibility index (Phi) is 8.10. The van der Waals surface area contributed by atoms with Crippen LogP contribution < -0.4 is 9.80 Å². The summed E-state index contributed by atoms with van der Waals surface area (Å²) in [6.45, 7) is 0. The van der Waals surface area contributed by atoms with Crippen molar-refractivity contribution in [3.05, 3.63) is 218 Å². The lowest BCUT2D eigenvalue weighted by atomic mass is 10.0. The highest BCUT2D eigenvalue weighted by molar-refractivity contribution is 6.20. The van der Waals surface area contributed by atoms with Gasteiger partial charge in [-0.2, -0.15) is 0 Å². The molecule has 0 saturated carbocycles. The van der Waals surface area contributed by atoms with Crippen molar-refractivity contribution >= 4 is 143 Å².